The van der Waals surface area contributed by atoms with Crippen LogP contribution in [0.5, 0.6) is 0 Å². The van der Waals surface area contributed by atoms with Gasteiger partial charge in [0.05, 0.1) is 5.75 Å². The molecule has 0 atom stereocenters. The third-order valence-electron chi connectivity index (χ3n) is 0.560. The Hall–Kier alpha value is 0.0200. The molecular weight excluding hydrogens is 211 g/mol. The third-order valence-corrected chi connectivity index (χ3v) is 1.36. The number of aliphatic hydroxyl groups is 1. The van der Waals surface area contributed by atoms with Gasteiger partial charge in [-0.1, -0.05) is 0 Å². The fourth-order valence-electron chi connectivity index (χ4n) is 0.247. The zero-order valence-corrected chi connectivity index (χ0v) is 7.86. The van der Waals surface area contributed by atoms with Crippen LogP contribution in [0.2, 0.25) is 0 Å². The molecule has 0 aromatic carbocycles. The number of rotatable bonds is 3. The summed E-state index contributed by atoms with van der Waals surface area (Å²) in [4.78, 5) is 14.3. The standard InChI is InChI=1S/C3H8O4S.H3O3P/c4-2-1-3-8(5,6)7;1-4(2)3/h4H,1-3H2,(H,5,6,7);4H,(H2,1,2,3). The van der Waals surface area contributed by atoms with Crippen molar-refractivity contribution in [2.45, 2.75) is 6.42 Å². The molecular formula is C3H11O7PS. The number of aliphatic hydroxyl groups excluding tert-OH is 1. The van der Waals surface area contributed by atoms with Gasteiger partial charge in [0, 0.05) is 6.61 Å². The molecule has 0 amide bonds. The quantitative estimate of drug-likeness (QED) is 0.341. The van der Waals surface area contributed by atoms with Gasteiger partial charge in [-0.25, -0.2) is 0 Å². The predicted molar refractivity (Wildman–Crippen MR) is 41.6 cm³/mol. The minimum atomic E-state index is -3.85. The topological polar surface area (TPSA) is 132 Å². The molecule has 0 saturated heterocycles. The lowest BCUT2D eigenvalue weighted by Crippen LogP contribution is -2.04. The van der Waals surface area contributed by atoms with Crippen LogP contribution in [0, 0.1) is 0 Å². The fraction of sp³-hybridized carbons (Fsp3) is 1.00. The fourth-order valence-corrected chi connectivity index (χ4v) is 0.741. The molecule has 0 radical (unpaired) electrons. The van der Waals surface area contributed by atoms with Gasteiger partial charge in [0.25, 0.3) is 10.1 Å². The van der Waals surface area contributed by atoms with Crippen LogP contribution >= 0.6 is 8.25 Å². The maximum atomic E-state index is 9.83. The first-order valence-electron chi connectivity index (χ1n) is 2.77. The highest BCUT2D eigenvalue weighted by atomic mass is 32.2. The molecule has 4 N–H and O–H groups in total. The maximum absolute atomic E-state index is 9.83. The Balaban J connectivity index is 0. The van der Waals surface area contributed by atoms with Crippen molar-refractivity contribution in [3.63, 3.8) is 0 Å². The van der Waals surface area contributed by atoms with Gasteiger partial charge in [-0.2, -0.15) is 8.42 Å². The number of hydrogen-bond donors (Lipinski definition) is 4. The average Bonchev–Trinajstić information content (AvgIpc) is 1.80. The van der Waals surface area contributed by atoms with E-state index < -0.39 is 18.4 Å². The lowest BCUT2D eigenvalue weighted by Gasteiger charge is -1.89. The summed E-state index contributed by atoms with van der Waals surface area (Å²) in [7, 11) is -6.98. The van der Waals surface area contributed by atoms with Gasteiger partial charge in [0.1, 0.15) is 0 Å². The van der Waals surface area contributed by atoms with Crippen molar-refractivity contribution in [1.29, 1.82) is 0 Å². The maximum Gasteiger partial charge on any atom is 0.314 e. The largest absolute Gasteiger partial charge is 0.396 e. The minimum Gasteiger partial charge on any atom is -0.396 e. The highest BCUT2D eigenvalue weighted by molar-refractivity contribution is 7.85. The van der Waals surface area contributed by atoms with Crippen LogP contribution in [-0.4, -0.2) is 40.2 Å². The first-order chi connectivity index (χ1) is 5.29. The Labute approximate surface area is 70.4 Å². The van der Waals surface area contributed by atoms with Gasteiger partial charge in [0.15, 0.2) is 0 Å². The second-order valence-corrected chi connectivity index (χ2v) is 3.78. The van der Waals surface area contributed by atoms with Crippen LogP contribution < -0.4 is 0 Å². The molecule has 0 aliphatic carbocycles. The molecule has 0 rings (SSSR count). The lowest BCUT2D eigenvalue weighted by atomic mass is 10.5. The van der Waals surface area contributed by atoms with Crippen LogP contribution in [0.1, 0.15) is 6.42 Å². The molecule has 0 aliphatic heterocycles. The summed E-state index contributed by atoms with van der Waals surface area (Å²) in [6.07, 6.45) is 0.0961. The van der Waals surface area contributed by atoms with Crippen molar-refractivity contribution in [2.24, 2.45) is 0 Å². The zero-order chi connectivity index (χ0) is 10.2. The van der Waals surface area contributed by atoms with Crippen LogP contribution in [0.25, 0.3) is 0 Å². The number of hydrogen-bond acceptors (Lipinski definition) is 4. The van der Waals surface area contributed by atoms with E-state index in [1.54, 1.807) is 0 Å². The van der Waals surface area contributed by atoms with E-state index in [0.29, 0.717) is 0 Å². The van der Waals surface area contributed by atoms with Crippen molar-refractivity contribution in [2.75, 3.05) is 12.4 Å². The monoisotopic (exact) mass is 222 g/mol. The summed E-state index contributed by atoms with van der Waals surface area (Å²) in [6, 6.07) is 0. The second kappa shape index (κ2) is 7.66. The van der Waals surface area contributed by atoms with Crippen molar-refractivity contribution in [3.8, 4) is 0 Å². The van der Waals surface area contributed by atoms with E-state index in [1.807, 2.05) is 0 Å². The molecule has 0 aliphatic rings. The van der Waals surface area contributed by atoms with E-state index >= 15 is 0 Å². The van der Waals surface area contributed by atoms with Crippen molar-refractivity contribution < 1.29 is 32.4 Å². The molecule has 7 nitrogen and oxygen atoms in total. The van der Waals surface area contributed by atoms with Crippen LogP contribution in [0.4, 0.5) is 0 Å². The van der Waals surface area contributed by atoms with Crippen molar-refractivity contribution in [1.82, 2.24) is 0 Å². The molecule has 0 saturated carbocycles. The Morgan fingerprint density at radius 2 is 1.58 bits per heavy atom. The SMILES string of the molecule is O=S(=O)(O)CCCO.O=[PH](O)O. The van der Waals surface area contributed by atoms with Gasteiger partial charge < -0.3 is 14.9 Å². The summed E-state index contributed by atoms with van der Waals surface area (Å²) < 4.78 is 36.4. The summed E-state index contributed by atoms with van der Waals surface area (Å²) in [5.74, 6) is -0.358. The van der Waals surface area contributed by atoms with Crippen LogP contribution in [0.15, 0.2) is 0 Å². The molecule has 0 aromatic rings. The van der Waals surface area contributed by atoms with E-state index in [-0.39, 0.29) is 18.8 Å². The van der Waals surface area contributed by atoms with Crippen LogP contribution in [-0.2, 0) is 14.7 Å². The normalized spacial score (nSPS) is 10.8. The molecule has 76 valence electrons. The Kier molecular flexibility index (Phi) is 9.28. The highest BCUT2D eigenvalue weighted by Gasteiger charge is 2.00. The Morgan fingerprint density at radius 3 is 1.67 bits per heavy atom. The molecule has 0 unspecified atom stereocenters. The second-order valence-electron chi connectivity index (χ2n) is 1.65. The van der Waals surface area contributed by atoms with Crippen molar-refractivity contribution >= 4 is 18.4 Å². The van der Waals surface area contributed by atoms with E-state index in [0.717, 1.165) is 0 Å². The zero-order valence-electron chi connectivity index (χ0n) is 6.04. The third kappa shape index (κ3) is 32.3. The molecule has 0 aromatic heterocycles. The smallest absolute Gasteiger partial charge is 0.314 e. The molecule has 0 bridgehead atoms. The lowest BCUT2D eigenvalue weighted by molar-refractivity contribution is 0.294. The van der Waals surface area contributed by atoms with Gasteiger partial charge in [-0.3, -0.25) is 9.12 Å². The molecule has 0 fully saturated rings. The van der Waals surface area contributed by atoms with Gasteiger partial charge in [-0.15, -0.1) is 0 Å². The highest BCUT2D eigenvalue weighted by Crippen LogP contribution is 1.98. The molecule has 0 spiro atoms. The average molecular weight is 222 g/mol. The summed E-state index contributed by atoms with van der Waals surface area (Å²) in [5.41, 5.74) is 0. The molecule has 0 heterocycles. The summed E-state index contributed by atoms with van der Waals surface area (Å²) >= 11 is 0. The van der Waals surface area contributed by atoms with Crippen LogP contribution in [0.3, 0.4) is 0 Å². The minimum absolute atomic E-state index is 0.0961. The Morgan fingerprint density at radius 1 is 1.25 bits per heavy atom. The first kappa shape index (κ1) is 14.5. The van der Waals surface area contributed by atoms with Gasteiger partial charge in [0.2, 0.25) is 0 Å². The van der Waals surface area contributed by atoms with E-state index in [9.17, 15) is 8.42 Å². The summed E-state index contributed by atoms with van der Waals surface area (Å²) in [5, 5.41) is 8.05. The molecule has 12 heavy (non-hydrogen) atoms. The van der Waals surface area contributed by atoms with Gasteiger partial charge >= 0.3 is 8.25 Å². The Bertz CT molecular complexity index is 205. The predicted octanol–water partition coefficient (Wildman–Crippen LogP) is -1.38. The van der Waals surface area contributed by atoms with Gasteiger partial charge in [-0.05, 0) is 6.42 Å². The first-order valence-corrected chi connectivity index (χ1v) is 5.68. The summed E-state index contributed by atoms with van der Waals surface area (Å²) in [6.45, 7) is -0.209. The van der Waals surface area contributed by atoms with E-state index in [2.05, 4.69) is 0 Å². The molecule has 9 heteroatoms. The van der Waals surface area contributed by atoms with E-state index in [4.69, 9.17) is 24.0 Å². The van der Waals surface area contributed by atoms with E-state index in [1.165, 1.54) is 0 Å². The van der Waals surface area contributed by atoms with Crippen molar-refractivity contribution in [3.05, 3.63) is 0 Å².